The quantitative estimate of drug-likeness (QED) is 0.917. The van der Waals surface area contributed by atoms with Crippen molar-refractivity contribution in [2.75, 3.05) is 0 Å². The van der Waals surface area contributed by atoms with Crippen molar-refractivity contribution < 1.29 is 18.3 Å². The Balaban J connectivity index is 2.49. The van der Waals surface area contributed by atoms with E-state index in [9.17, 15) is 18.4 Å². The van der Waals surface area contributed by atoms with Crippen molar-refractivity contribution in [1.29, 1.82) is 0 Å². The lowest BCUT2D eigenvalue weighted by Crippen LogP contribution is -2.22. The summed E-state index contributed by atoms with van der Waals surface area (Å²) in [5, 5.41) is 0. The molecule has 0 saturated heterocycles. The van der Waals surface area contributed by atoms with Gasteiger partial charge in [-0.05, 0) is 12.1 Å². The summed E-state index contributed by atoms with van der Waals surface area (Å²) in [6, 6.07) is 6.19. The molecular formula is C17H17F2NO3S. The molecule has 0 amide bonds. The average molecular weight is 353 g/mol. The summed E-state index contributed by atoms with van der Waals surface area (Å²) in [5.41, 5.74) is -0.582. The van der Waals surface area contributed by atoms with Gasteiger partial charge in [-0.1, -0.05) is 39.0 Å². The van der Waals surface area contributed by atoms with Crippen LogP contribution in [0.3, 0.4) is 0 Å². The highest BCUT2D eigenvalue weighted by atomic mass is 32.1. The monoisotopic (exact) mass is 353 g/mol. The molecule has 4 nitrogen and oxygen atoms in total. The predicted octanol–water partition coefficient (Wildman–Crippen LogP) is 2.26. The number of ketones is 1. The van der Waals surface area contributed by atoms with E-state index in [1.54, 1.807) is 39.0 Å². The maximum atomic E-state index is 12.4. The van der Waals surface area contributed by atoms with E-state index >= 15 is 0 Å². The van der Waals surface area contributed by atoms with Gasteiger partial charge in [-0.2, -0.15) is 8.78 Å². The normalized spacial score (nSPS) is 13.6. The van der Waals surface area contributed by atoms with Crippen LogP contribution in [-0.4, -0.2) is 17.4 Å². The van der Waals surface area contributed by atoms with Gasteiger partial charge in [-0.3, -0.25) is 9.59 Å². The van der Waals surface area contributed by atoms with Crippen molar-refractivity contribution in [3.8, 4) is 5.75 Å². The van der Waals surface area contributed by atoms with E-state index in [4.69, 9.17) is 0 Å². The van der Waals surface area contributed by atoms with Gasteiger partial charge >= 0.3 is 6.61 Å². The first-order valence-corrected chi connectivity index (χ1v) is 7.99. The molecule has 2 rings (SSSR count). The second-order valence-corrected chi connectivity index (χ2v) is 7.19. The molecule has 0 atom stereocenters. The number of carbonyl (C=O) groups excluding carboxylic acids is 1. The molecule has 0 aliphatic heterocycles. The first kappa shape index (κ1) is 18.1. The lowest BCUT2D eigenvalue weighted by atomic mass is 9.91. The number of aromatic amines is 1. The number of thiazole rings is 1. The third kappa shape index (κ3) is 4.61. The Morgan fingerprint density at radius 3 is 2.58 bits per heavy atom. The molecule has 0 bridgehead atoms. The number of Topliss-reactive ketones (excluding diaryl/α,β-unsaturated/α-hetero) is 1. The van der Waals surface area contributed by atoms with Gasteiger partial charge in [0.15, 0.2) is 5.78 Å². The Bertz CT molecular complexity index is 907. The van der Waals surface area contributed by atoms with E-state index in [0.29, 0.717) is 14.8 Å². The number of carbonyl (C=O) groups is 1. The molecule has 0 fully saturated rings. The molecule has 0 aliphatic carbocycles. The van der Waals surface area contributed by atoms with Crippen molar-refractivity contribution >= 4 is 29.3 Å². The molecule has 128 valence electrons. The van der Waals surface area contributed by atoms with Crippen LogP contribution < -0.4 is 19.5 Å². The summed E-state index contributed by atoms with van der Waals surface area (Å²) >= 11 is 1.08. The lowest BCUT2D eigenvalue weighted by molar-refractivity contribution is -0.120. The van der Waals surface area contributed by atoms with Crippen LogP contribution >= 0.6 is 11.3 Å². The van der Waals surface area contributed by atoms with Gasteiger partial charge in [0.25, 0.3) is 5.56 Å². The molecule has 0 unspecified atom stereocenters. The third-order valence-electron chi connectivity index (χ3n) is 3.10. The number of para-hydroxylation sites is 1. The van der Waals surface area contributed by atoms with Crippen molar-refractivity contribution in [3.05, 3.63) is 49.4 Å². The van der Waals surface area contributed by atoms with E-state index in [1.807, 2.05) is 0 Å². The van der Waals surface area contributed by atoms with Gasteiger partial charge in [-0.25, -0.2) is 0 Å². The predicted molar refractivity (Wildman–Crippen MR) is 89.8 cm³/mol. The molecule has 0 radical (unpaired) electrons. The summed E-state index contributed by atoms with van der Waals surface area (Å²) in [4.78, 5) is 26.6. The fraction of sp³-hybridized carbons (Fsp3) is 0.294. The van der Waals surface area contributed by atoms with E-state index in [2.05, 4.69) is 9.72 Å². The summed E-state index contributed by atoms with van der Waals surface area (Å²) in [7, 11) is 0. The maximum Gasteiger partial charge on any atom is 0.387 e. The molecule has 24 heavy (non-hydrogen) atoms. The minimum Gasteiger partial charge on any atom is -0.434 e. The van der Waals surface area contributed by atoms with Crippen LogP contribution in [0, 0.1) is 5.41 Å². The lowest BCUT2D eigenvalue weighted by Gasteiger charge is -2.12. The van der Waals surface area contributed by atoms with Crippen LogP contribution in [-0.2, 0) is 4.79 Å². The Kier molecular flexibility index (Phi) is 5.33. The SMILES string of the molecule is CC(C)(C)C(=O)C=c1[nH]c(=O)c(=Cc2ccccc2OC(F)F)s1. The minimum absolute atomic E-state index is 0.0170. The number of H-pyrrole nitrogens is 1. The van der Waals surface area contributed by atoms with E-state index < -0.39 is 12.0 Å². The Hall–Kier alpha value is -2.28. The van der Waals surface area contributed by atoms with Gasteiger partial charge in [0, 0.05) is 17.1 Å². The number of halogens is 2. The van der Waals surface area contributed by atoms with Gasteiger partial charge < -0.3 is 9.72 Å². The molecule has 2 aromatic rings. The molecule has 0 saturated carbocycles. The molecule has 0 aliphatic rings. The molecule has 0 spiro atoms. The van der Waals surface area contributed by atoms with Crippen molar-refractivity contribution in [3.63, 3.8) is 0 Å². The zero-order valence-electron chi connectivity index (χ0n) is 13.4. The first-order valence-electron chi connectivity index (χ1n) is 7.17. The first-order chi connectivity index (χ1) is 11.2. The maximum absolute atomic E-state index is 12.4. The summed E-state index contributed by atoms with van der Waals surface area (Å²) in [6.07, 6.45) is 2.84. The Labute approximate surface area is 141 Å². The van der Waals surface area contributed by atoms with Crippen LogP contribution in [0.5, 0.6) is 5.75 Å². The smallest absolute Gasteiger partial charge is 0.387 e. The number of hydrogen-bond donors (Lipinski definition) is 1. The van der Waals surface area contributed by atoms with Crippen molar-refractivity contribution in [2.45, 2.75) is 27.4 Å². The second-order valence-electron chi connectivity index (χ2n) is 6.10. The van der Waals surface area contributed by atoms with Gasteiger partial charge in [0.05, 0.1) is 9.20 Å². The molecular weight excluding hydrogens is 336 g/mol. The number of nitrogens with one attached hydrogen (secondary N) is 1. The molecule has 1 aromatic carbocycles. The van der Waals surface area contributed by atoms with Gasteiger partial charge in [0.2, 0.25) is 0 Å². The van der Waals surface area contributed by atoms with Crippen LogP contribution in [0.4, 0.5) is 8.78 Å². The topological polar surface area (TPSA) is 59.2 Å². The summed E-state index contributed by atoms with van der Waals surface area (Å²) in [6.45, 7) is 2.39. The second kappa shape index (κ2) is 7.09. The highest BCUT2D eigenvalue weighted by Gasteiger charge is 2.18. The highest BCUT2D eigenvalue weighted by Crippen LogP contribution is 2.20. The van der Waals surface area contributed by atoms with E-state index in [1.165, 1.54) is 18.2 Å². The van der Waals surface area contributed by atoms with Gasteiger partial charge in [-0.15, -0.1) is 11.3 Å². The molecule has 1 heterocycles. The molecule has 1 N–H and O–H groups in total. The standard InChI is InChI=1S/C17H17F2NO3S/c1-17(2,3)13(21)9-14-20-15(22)12(24-14)8-10-6-4-5-7-11(10)23-16(18)19/h4-9,16H,1-3H3,(H,20,22). The van der Waals surface area contributed by atoms with Crippen LogP contribution in [0.15, 0.2) is 29.1 Å². The summed E-state index contributed by atoms with van der Waals surface area (Å²) < 4.78 is 30.0. The number of aromatic nitrogens is 1. The zero-order chi connectivity index (χ0) is 17.9. The van der Waals surface area contributed by atoms with Crippen LogP contribution in [0.1, 0.15) is 26.3 Å². The van der Waals surface area contributed by atoms with Gasteiger partial charge in [0.1, 0.15) is 5.75 Å². The van der Waals surface area contributed by atoms with Crippen LogP contribution in [0.2, 0.25) is 0 Å². The number of hydrogen-bond acceptors (Lipinski definition) is 4. The number of ether oxygens (including phenoxy) is 1. The zero-order valence-corrected chi connectivity index (χ0v) is 14.2. The Morgan fingerprint density at radius 2 is 1.96 bits per heavy atom. The number of alkyl halides is 2. The highest BCUT2D eigenvalue weighted by molar-refractivity contribution is 7.07. The fourth-order valence-corrected chi connectivity index (χ4v) is 2.68. The summed E-state index contributed by atoms with van der Waals surface area (Å²) in [5.74, 6) is -0.135. The van der Waals surface area contributed by atoms with Crippen LogP contribution in [0.25, 0.3) is 12.2 Å². The molecule has 1 aromatic heterocycles. The van der Waals surface area contributed by atoms with Crippen molar-refractivity contribution in [1.82, 2.24) is 4.98 Å². The fourth-order valence-electron chi connectivity index (χ4n) is 1.80. The average Bonchev–Trinajstić information content (AvgIpc) is 2.79. The number of benzene rings is 1. The van der Waals surface area contributed by atoms with Crippen molar-refractivity contribution in [2.24, 2.45) is 5.41 Å². The van der Waals surface area contributed by atoms with E-state index in [0.717, 1.165) is 11.3 Å². The third-order valence-corrected chi connectivity index (χ3v) is 4.07. The Morgan fingerprint density at radius 1 is 1.29 bits per heavy atom. The minimum atomic E-state index is -2.95. The molecule has 7 heteroatoms. The van der Waals surface area contributed by atoms with E-state index in [-0.39, 0.29) is 17.1 Å². The largest absolute Gasteiger partial charge is 0.434 e. The number of rotatable bonds is 4.